The van der Waals surface area contributed by atoms with Crippen molar-refractivity contribution < 1.29 is 9.57 Å². The molecule has 0 bridgehead atoms. The summed E-state index contributed by atoms with van der Waals surface area (Å²) < 4.78 is 6.33. The number of fused-ring (bicyclic) bond motifs is 1. The number of aryl methyl sites for hydroxylation is 1. The second-order valence-corrected chi connectivity index (χ2v) is 4.40. The van der Waals surface area contributed by atoms with Gasteiger partial charge in [0.1, 0.15) is 16.7 Å². The molecule has 0 unspecified atom stereocenters. The van der Waals surface area contributed by atoms with Gasteiger partial charge in [-0.15, -0.1) is 4.73 Å². The van der Waals surface area contributed by atoms with E-state index in [2.05, 4.69) is 9.97 Å². The molecule has 3 aromatic rings. The lowest BCUT2D eigenvalue weighted by atomic mass is 10.3. The summed E-state index contributed by atoms with van der Waals surface area (Å²) in [6, 6.07) is 9.05. The molecule has 0 aliphatic rings. The first-order chi connectivity index (χ1) is 10.2. The van der Waals surface area contributed by atoms with Crippen LogP contribution in [0.25, 0.3) is 10.9 Å². The summed E-state index contributed by atoms with van der Waals surface area (Å²) in [6.07, 6.45) is 3.01. The van der Waals surface area contributed by atoms with Crippen LogP contribution in [0.15, 0.2) is 47.5 Å². The van der Waals surface area contributed by atoms with E-state index in [0.29, 0.717) is 28.2 Å². The van der Waals surface area contributed by atoms with Crippen molar-refractivity contribution in [3.05, 3.63) is 58.9 Å². The Morgan fingerprint density at radius 3 is 2.62 bits per heavy atom. The second-order valence-electron chi connectivity index (χ2n) is 4.40. The number of ether oxygens (including phenoxy) is 1. The summed E-state index contributed by atoms with van der Waals surface area (Å²) in [7, 11) is 1.48. The molecule has 0 amide bonds. The number of para-hydroxylation sites is 1. The minimum atomic E-state index is -0.333. The fourth-order valence-corrected chi connectivity index (χ4v) is 2.05. The van der Waals surface area contributed by atoms with Crippen LogP contribution in [-0.4, -0.2) is 21.8 Å². The molecular formula is C15H13N3O3. The Morgan fingerprint density at radius 1 is 1.14 bits per heavy atom. The summed E-state index contributed by atoms with van der Waals surface area (Å²) in [5.74, 6) is 1.36. The van der Waals surface area contributed by atoms with Gasteiger partial charge >= 0.3 is 0 Å². The van der Waals surface area contributed by atoms with E-state index in [1.807, 2.05) is 18.2 Å². The maximum atomic E-state index is 12.6. The van der Waals surface area contributed by atoms with Crippen molar-refractivity contribution >= 4 is 10.9 Å². The first kappa shape index (κ1) is 13.1. The van der Waals surface area contributed by atoms with Crippen LogP contribution >= 0.6 is 0 Å². The summed E-state index contributed by atoms with van der Waals surface area (Å²) >= 11 is 0. The standard InChI is InChI=1S/C15H13N3O3/c1-10-17-12-8-16-9-13(20-2)14(12)15(19)18(10)21-11-6-4-3-5-7-11/h3-9H,1-2H3. The largest absolute Gasteiger partial charge is 0.494 e. The molecule has 0 N–H and O–H groups in total. The summed E-state index contributed by atoms with van der Waals surface area (Å²) in [5.41, 5.74) is 0.144. The quantitative estimate of drug-likeness (QED) is 0.735. The third-order valence-electron chi connectivity index (χ3n) is 3.03. The van der Waals surface area contributed by atoms with Crippen molar-refractivity contribution in [3.8, 4) is 11.5 Å². The van der Waals surface area contributed by atoms with Gasteiger partial charge in [-0.05, 0) is 19.1 Å². The molecule has 0 atom stereocenters. The third kappa shape index (κ3) is 2.31. The summed E-state index contributed by atoms with van der Waals surface area (Å²) in [6.45, 7) is 1.70. The average molecular weight is 283 g/mol. The zero-order chi connectivity index (χ0) is 14.8. The van der Waals surface area contributed by atoms with Crippen LogP contribution in [0.4, 0.5) is 0 Å². The van der Waals surface area contributed by atoms with Crippen LogP contribution in [0.3, 0.4) is 0 Å². The fourth-order valence-electron chi connectivity index (χ4n) is 2.05. The molecule has 0 aliphatic heterocycles. The SMILES string of the molecule is COc1cncc2nc(C)n(Oc3ccccc3)c(=O)c12. The molecule has 0 aliphatic carbocycles. The van der Waals surface area contributed by atoms with Gasteiger partial charge < -0.3 is 9.57 Å². The highest BCUT2D eigenvalue weighted by Gasteiger charge is 2.14. The Labute approximate surface area is 120 Å². The molecule has 106 valence electrons. The van der Waals surface area contributed by atoms with Gasteiger partial charge in [-0.2, -0.15) is 0 Å². The molecular weight excluding hydrogens is 270 g/mol. The molecule has 2 heterocycles. The fraction of sp³-hybridized carbons (Fsp3) is 0.133. The smallest absolute Gasteiger partial charge is 0.298 e. The molecule has 2 aromatic heterocycles. The van der Waals surface area contributed by atoms with Crippen LogP contribution in [0.1, 0.15) is 5.82 Å². The topological polar surface area (TPSA) is 66.2 Å². The molecule has 21 heavy (non-hydrogen) atoms. The Morgan fingerprint density at radius 2 is 1.90 bits per heavy atom. The Balaban J connectivity index is 2.21. The number of nitrogens with zero attached hydrogens (tertiary/aromatic N) is 3. The van der Waals surface area contributed by atoms with E-state index in [0.717, 1.165) is 4.73 Å². The maximum Gasteiger partial charge on any atom is 0.298 e. The number of benzene rings is 1. The van der Waals surface area contributed by atoms with E-state index in [-0.39, 0.29) is 5.56 Å². The van der Waals surface area contributed by atoms with Crippen LogP contribution in [-0.2, 0) is 0 Å². The van der Waals surface area contributed by atoms with Crippen LogP contribution in [0, 0.1) is 6.92 Å². The number of pyridine rings is 1. The lowest BCUT2D eigenvalue weighted by Gasteiger charge is -2.12. The Bertz CT molecular complexity index is 844. The molecule has 6 heteroatoms. The number of hydrogen-bond acceptors (Lipinski definition) is 5. The van der Waals surface area contributed by atoms with Crippen molar-refractivity contribution in [2.24, 2.45) is 0 Å². The molecule has 0 fully saturated rings. The monoisotopic (exact) mass is 283 g/mol. The number of aromatic nitrogens is 3. The van der Waals surface area contributed by atoms with E-state index in [9.17, 15) is 4.79 Å². The predicted octanol–water partition coefficient (Wildman–Crippen LogP) is 1.95. The molecule has 0 saturated heterocycles. The molecule has 0 radical (unpaired) electrons. The van der Waals surface area contributed by atoms with Gasteiger partial charge in [-0.25, -0.2) is 4.98 Å². The van der Waals surface area contributed by atoms with Crippen molar-refractivity contribution in [2.75, 3.05) is 7.11 Å². The zero-order valence-corrected chi connectivity index (χ0v) is 11.6. The first-order valence-electron chi connectivity index (χ1n) is 6.35. The van der Waals surface area contributed by atoms with E-state index in [4.69, 9.17) is 9.57 Å². The van der Waals surface area contributed by atoms with Gasteiger partial charge in [0, 0.05) is 0 Å². The van der Waals surface area contributed by atoms with E-state index in [1.165, 1.54) is 19.5 Å². The lowest BCUT2D eigenvalue weighted by molar-refractivity contribution is 0.195. The van der Waals surface area contributed by atoms with Crippen molar-refractivity contribution in [1.29, 1.82) is 0 Å². The van der Waals surface area contributed by atoms with Gasteiger partial charge in [0.2, 0.25) is 0 Å². The molecule has 6 nitrogen and oxygen atoms in total. The van der Waals surface area contributed by atoms with Gasteiger partial charge in [-0.1, -0.05) is 18.2 Å². The number of rotatable bonds is 3. The number of methoxy groups -OCH3 is 1. The van der Waals surface area contributed by atoms with Gasteiger partial charge in [0.05, 0.1) is 19.5 Å². The Kier molecular flexibility index (Phi) is 3.27. The van der Waals surface area contributed by atoms with Crippen LogP contribution in [0.5, 0.6) is 11.5 Å². The molecule has 3 rings (SSSR count). The van der Waals surface area contributed by atoms with Gasteiger partial charge in [0.25, 0.3) is 5.56 Å². The lowest BCUT2D eigenvalue weighted by Crippen LogP contribution is -2.28. The highest BCUT2D eigenvalue weighted by Crippen LogP contribution is 2.19. The van der Waals surface area contributed by atoms with Crippen molar-refractivity contribution in [3.63, 3.8) is 0 Å². The van der Waals surface area contributed by atoms with Crippen LogP contribution < -0.4 is 15.1 Å². The molecule has 0 spiro atoms. The second kappa shape index (κ2) is 5.24. The maximum absolute atomic E-state index is 12.6. The minimum Gasteiger partial charge on any atom is -0.494 e. The van der Waals surface area contributed by atoms with Crippen LogP contribution in [0.2, 0.25) is 0 Å². The summed E-state index contributed by atoms with van der Waals surface area (Å²) in [4.78, 5) is 26.6. The number of hydrogen-bond donors (Lipinski definition) is 0. The van der Waals surface area contributed by atoms with Gasteiger partial charge in [-0.3, -0.25) is 9.78 Å². The van der Waals surface area contributed by atoms with Gasteiger partial charge in [0.15, 0.2) is 11.5 Å². The molecule has 1 aromatic carbocycles. The van der Waals surface area contributed by atoms with Crippen molar-refractivity contribution in [1.82, 2.24) is 14.7 Å². The van der Waals surface area contributed by atoms with E-state index in [1.54, 1.807) is 19.1 Å². The highest BCUT2D eigenvalue weighted by molar-refractivity contribution is 5.83. The zero-order valence-electron chi connectivity index (χ0n) is 11.6. The summed E-state index contributed by atoms with van der Waals surface area (Å²) in [5, 5.41) is 0.342. The minimum absolute atomic E-state index is 0.333. The third-order valence-corrected chi connectivity index (χ3v) is 3.03. The van der Waals surface area contributed by atoms with E-state index < -0.39 is 0 Å². The highest BCUT2D eigenvalue weighted by atomic mass is 16.7. The first-order valence-corrected chi connectivity index (χ1v) is 6.35. The van der Waals surface area contributed by atoms with Crippen molar-refractivity contribution in [2.45, 2.75) is 6.92 Å². The Hall–Kier alpha value is -2.89. The normalized spacial score (nSPS) is 10.6. The predicted molar refractivity (Wildman–Crippen MR) is 77.6 cm³/mol. The molecule has 0 saturated carbocycles. The average Bonchev–Trinajstić information content (AvgIpc) is 2.51. The van der Waals surface area contributed by atoms with E-state index >= 15 is 0 Å².